The number of nitrogens with one attached hydrogen (secondary N) is 1. The molecule has 0 aliphatic rings. The van der Waals surface area contributed by atoms with Crippen molar-refractivity contribution in [3.8, 4) is 0 Å². The number of nitrogens with zero attached hydrogens (tertiary/aromatic N) is 1. The first-order valence-electron chi connectivity index (χ1n) is 5.03. The van der Waals surface area contributed by atoms with E-state index in [1.165, 1.54) is 0 Å². The van der Waals surface area contributed by atoms with E-state index >= 15 is 0 Å². The summed E-state index contributed by atoms with van der Waals surface area (Å²) in [7, 11) is -3.48. The zero-order valence-corrected chi connectivity index (χ0v) is 13.1. The van der Waals surface area contributed by atoms with E-state index < -0.39 is 10.0 Å². The van der Waals surface area contributed by atoms with Crippen molar-refractivity contribution in [2.24, 2.45) is 16.5 Å². The lowest BCUT2D eigenvalue weighted by atomic mass is 10.2. The number of benzene rings is 1. The number of nitrogens with two attached hydrogens (primary N) is 2. The van der Waals surface area contributed by atoms with Gasteiger partial charge in [0.25, 0.3) is 0 Å². The third-order valence-electron chi connectivity index (χ3n) is 2.03. The van der Waals surface area contributed by atoms with Gasteiger partial charge < -0.3 is 11.5 Å². The highest BCUT2D eigenvalue weighted by Crippen LogP contribution is 2.09. The molecule has 0 heterocycles. The molecule has 0 unspecified atom stereocenters. The van der Waals surface area contributed by atoms with Crippen LogP contribution in [0.1, 0.15) is 5.56 Å². The Hall–Kier alpha value is -0.870. The standard InChI is InChI=1S/C10H16N4O2S.HI/c1-8-2-4-9(5-3-8)17(15,16)14-7-6-13-10(11)12;/h2-5,14H,6-7H2,1H3,(H4,11,12,13);1H. The van der Waals surface area contributed by atoms with Crippen molar-refractivity contribution < 1.29 is 8.42 Å². The molecule has 0 saturated heterocycles. The second kappa shape index (κ2) is 7.54. The van der Waals surface area contributed by atoms with E-state index in [0.29, 0.717) is 0 Å². The number of hydrogen-bond donors (Lipinski definition) is 3. The zero-order valence-electron chi connectivity index (χ0n) is 9.96. The second-order valence-corrected chi connectivity index (χ2v) is 5.28. The summed E-state index contributed by atoms with van der Waals surface area (Å²) in [5.74, 6) is -0.0560. The van der Waals surface area contributed by atoms with Crippen molar-refractivity contribution in [2.45, 2.75) is 11.8 Å². The van der Waals surface area contributed by atoms with E-state index in [9.17, 15) is 8.42 Å². The minimum atomic E-state index is -3.48. The molecule has 0 aromatic heterocycles. The molecule has 0 saturated carbocycles. The molecule has 18 heavy (non-hydrogen) atoms. The largest absolute Gasteiger partial charge is 0.370 e. The number of sulfonamides is 1. The molecular formula is C10H17IN4O2S. The molecule has 8 heteroatoms. The van der Waals surface area contributed by atoms with Gasteiger partial charge in [0.1, 0.15) is 0 Å². The maximum absolute atomic E-state index is 11.8. The predicted molar refractivity (Wildman–Crippen MR) is 82.5 cm³/mol. The Labute approximate surface area is 124 Å². The Morgan fingerprint density at radius 1 is 1.28 bits per heavy atom. The molecule has 1 aromatic rings. The lowest BCUT2D eigenvalue weighted by Crippen LogP contribution is -2.28. The van der Waals surface area contributed by atoms with Gasteiger partial charge >= 0.3 is 0 Å². The van der Waals surface area contributed by atoms with E-state index in [2.05, 4.69) is 9.71 Å². The summed E-state index contributed by atoms with van der Waals surface area (Å²) in [6.07, 6.45) is 0. The SMILES string of the molecule is Cc1ccc(S(=O)(=O)NCCN=C(N)N)cc1.I. The van der Waals surface area contributed by atoms with Crippen LogP contribution in [0.25, 0.3) is 0 Å². The van der Waals surface area contributed by atoms with E-state index in [1.54, 1.807) is 24.3 Å². The third kappa shape index (κ3) is 5.65. The molecule has 0 radical (unpaired) electrons. The van der Waals surface area contributed by atoms with E-state index in [0.717, 1.165) is 5.56 Å². The van der Waals surface area contributed by atoms with Gasteiger partial charge in [-0.2, -0.15) is 0 Å². The molecule has 0 fully saturated rings. The maximum Gasteiger partial charge on any atom is 0.240 e. The number of hydrogen-bond acceptors (Lipinski definition) is 3. The van der Waals surface area contributed by atoms with Crippen LogP contribution in [0.4, 0.5) is 0 Å². The van der Waals surface area contributed by atoms with Crippen LogP contribution in [0.15, 0.2) is 34.2 Å². The molecule has 0 atom stereocenters. The van der Waals surface area contributed by atoms with Crippen LogP contribution in [0, 0.1) is 6.92 Å². The Kier molecular flexibility index (Phi) is 7.18. The number of aryl methyl sites for hydroxylation is 1. The maximum atomic E-state index is 11.8. The van der Waals surface area contributed by atoms with E-state index in [1.807, 2.05) is 6.92 Å². The van der Waals surface area contributed by atoms with Gasteiger partial charge in [0.2, 0.25) is 10.0 Å². The summed E-state index contributed by atoms with van der Waals surface area (Å²) in [6.45, 7) is 2.27. The zero-order chi connectivity index (χ0) is 12.9. The van der Waals surface area contributed by atoms with Gasteiger partial charge in [0, 0.05) is 6.54 Å². The van der Waals surface area contributed by atoms with Crippen molar-refractivity contribution in [1.29, 1.82) is 0 Å². The van der Waals surface area contributed by atoms with Crippen LogP contribution in [0.5, 0.6) is 0 Å². The topological polar surface area (TPSA) is 111 Å². The lowest BCUT2D eigenvalue weighted by Gasteiger charge is -2.05. The van der Waals surface area contributed by atoms with Crippen molar-refractivity contribution in [2.75, 3.05) is 13.1 Å². The highest BCUT2D eigenvalue weighted by atomic mass is 127. The van der Waals surface area contributed by atoms with Crippen molar-refractivity contribution >= 4 is 40.0 Å². The summed E-state index contributed by atoms with van der Waals surface area (Å²) in [4.78, 5) is 3.91. The van der Waals surface area contributed by atoms with Crippen LogP contribution in [-0.2, 0) is 10.0 Å². The number of guanidine groups is 1. The Bertz CT molecular complexity index is 495. The van der Waals surface area contributed by atoms with Crippen LogP contribution in [0.2, 0.25) is 0 Å². The molecule has 6 nitrogen and oxygen atoms in total. The van der Waals surface area contributed by atoms with E-state index in [4.69, 9.17) is 11.5 Å². The summed E-state index contributed by atoms with van der Waals surface area (Å²) in [5, 5.41) is 0. The van der Waals surface area contributed by atoms with Gasteiger partial charge in [-0.05, 0) is 19.1 Å². The Morgan fingerprint density at radius 2 is 1.83 bits per heavy atom. The minimum Gasteiger partial charge on any atom is -0.370 e. The molecule has 0 amide bonds. The van der Waals surface area contributed by atoms with Crippen LogP contribution in [0.3, 0.4) is 0 Å². The molecule has 0 bridgehead atoms. The molecule has 0 aliphatic heterocycles. The van der Waals surface area contributed by atoms with Gasteiger partial charge in [-0.25, -0.2) is 13.1 Å². The average Bonchev–Trinajstić information content (AvgIpc) is 2.25. The van der Waals surface area contributed by atoms with Crippen molar-refractivity contribution in [3.05, 3.63) is 29.8 Å². The highest BCUT2D eigenvalue weighted by molar-refractivity contribution is 14.0. The van der Waals surface area contributed by atoms with Gasteiger partial charge in [-0.15, -0.1) is 24.0 Å². The number of rotatable bonds is 5. The molecule has 5 N–H and O–H groups in total. The molecule has 1 aromatic carbocycles. The lowest BCUT2D eigenvalue weighted by molar-refractivity contribution is 0.582. The van der Waals surface area contributed by atoms with Crippen LogP contribution >= 0.6 is 24.0 Å². The van der Waals surface area contributed by atoms with Gasteiger partial charge in [0.15, 0.2) is 5.96 Å². The monoisotopic (exact) mass is 384 g/mol. The number of aliphatic imine (C=N–C) groups is 1. The fourth-order valence-electron chi connectivity index (χ4n) is 1.17. The molecule has 1 rings (SSSR count). The summed E-state index contributed by atoms with van der Waals surface area (Å²) in [5.41, 5.74) is 11.2. The fourth-order valence-corrected chi connectivity index (χ4v) is 2.19. The van der Waals surface area contributed by atoms with Gasteiger partial charge in [0.05, 0.1) is 11.4 Å². The summed E-state index contributed by atoms with van der Waals surface area (Å²) < 4.78 is 25.9. The van der Waals surface area contributed by atoms with Gasteiger partial charge in [-0.1, -0.05) is 17.7 Å². The fraction of sp³-hybridized carbons (Fsp3) is 0.300. The van der Waals surface area contributed by atoms with Crippen molar-refractivity contribution in [1.82, 2.24) is 4.72 Å². The normalized spacial score (nSPS) is 10.5. The first-order valence-corrected chi connectivity index (χ1v) is 6.52. The Morgan fingerprint density at radius 3 is 2.33 bits per heavy atom. The summed E-state index contributed by atoms with van der Waals surface area (Å²) >= 11 is 0. The Balaban J connectivity index is 0.00000289. The third-order valence-corrected chi connectivity index (χ3v) is 3.51. The highest BCUT2D eigenvalue weighted by Gasteiger charge is 2.12. The van der Waals surface area contributed by atoms with E-state index in [-0.39, 0.29) is 47.9 Å². The first kappa shape index (κ1) is 17.1. The first-order chi connectivity index (χ1) is 7.92. The molecule has 102 valence electrons. The summed E-state index contributed by atoms with van der Waals surface area (Å²) in [6, 6.07) is 6.59. The number of halogens is 1. The predicted octanol–water partition coefficient (Wildman–Crippen LogP) is 0.165. The average molecular weight is 384 g/mol. The van der Waals surface area contributed by atoms with Crippen LogP contribution in [-0.4, -0.2) is 27.5 Å². The quantitative estimate of drug-likeness (QED) is 0.291. The minimum absolute atomic E-state index is 0. The van der Waals surface area contributed by atoms with Crippen LogP contribution < -0.4 is 16.2 Å². The second-order valence-electron chi connectivity index (χ2n) is 3.52. The molecular weight excluding hydrogens is 367 g/mol. The van der Waals surface area contributed by atoms with Gasteiger partial charge in [-0.3, -0.25) is 4.99 Å². The van der Waals surface area contributed by atoms with Crippen molar-refractivity contribution in [3.63, 3.8) is 0 Å². The smallest absolute Gasteiger partial charge is 0.240 e. The molecule has 0 aliphatic carbocycles. The molecule has 0 spiro atoms.